The highest BCUT2D eigenvalue weighted by Crippen LogP contribution is 2.28. The summed E-state index contributed by atoms with van der Waals surface area (Å²) in [5.74, 6) is 0.250. The summed E-state index contributed by atoms with van der Waals surface area (Å²) in [5, 5.41) is 4.98. The largest absolute Gasteiger partial charge is 0.494 e. The third-order valence-corrected chi connectivity index (χ3v) is 3.38. The molecule has 5 nitrogen and oxygen atoms in total. The minimum Gasteiger partial charge on any atom is -0.494 e. The number of ether oxygens (including phenoxy) is 2. The van der Waals surface area contributed by atoms with Crippen LogP contribution in [0.4, 0.5) is 0 Å². The van der Waals surface area contributed by atoms with Crippen molar-refractivity contribution in [1.82, 2.24) is 9.78 Å². The molecule has 0 aliphatic heterocycles. The van der Waals surface area contributed by atoms with Crippen LogP contribution in [0.1, 0.15) is 28.7 Å². The molecular weight excluding hydrogens is 292 g/mol. The van der Waals surface area contributed by atoms with Crippen molar-refractivity contribution < 1.29 is 14.3 Å². The number of carbonyl (C=O) groups excluding carboxylic acids is 1. The van der Waals surface area contributed by atoms with Gasteiger partial charge in [0.25, 0.3) is 0 Å². The van der Waals surface area contributed by atoms with Crippen LogP contribution in [0.3, 0.4) is 0 Å². The van der Waals surface area contributed by atoms with Crippen molar-refractivity contribution in [3.05, 3.63) is 40.2 Å². The Bertz CT molecular complexity index is 680. The molecule has 0 atom stereocenters. The summed E-state index contributed by atoms with van der Waals surface area (Å²) in [5.41, 5.74) is 2.44. The number of benzene rings is 1. The Balaban J connectivity index is 2.59. The van der Waals surface area contributed by atoms with E-state index in [-0.39, 0.29) is 5.97 Å². The quantitative estimate of drug-likeness (QED) is 0.813. The monoisotopic (exact) mass is 308 g/mol. The highest BCUT2D eigenvalue weighted by molar-refractivity contribution is 6.30. The Kier molecular flexibility index (Phi) is 4.53. The summed E-state index contributed by atoms with van der Waals surface area (Å²) < 4.78 is 12.0. The molecule has 0 fully saturated rings. The first kappa shape index (κ1) is 15.4. The summed E-state index contributed by atoms with van der Waals surface area (Å²) >= 11 is 6.05. The smallest absolute Gasteiger partial charge is 0.341 e. The SMILES string of the molecule is CCOC(=O)c1c(C)nn(-c2cc(Cl)ccc2OC)c1C. The Morgan fingerprint density at radius 2 is 2.10 bits per heavy atom. The summed E-state index contributed by atoms with van der Waals surface area (Å²) in [4.78, 5) is 12.0. The van der Waals surface area contributed by atoms with Crippen LogP contribution in [0.2, 0.25) is 5.02 Å². The van der Waals surface area contributed by atoms with Gasteiger partial charge in [-0.05, 0) is 39.0 Å². The zero-order chi connectivity index (χ0) is 15.6. The van der Waals surface area contributed by atoms with Crippen molar-refractivity contribution in [1.29, 1.82) is 0 Å². The van der Waals surface area contributed by atoms with Crippen LogP contribution >= 0.6 is 11.6 Å². The van der Waals surface area contributed by atoms with Gasteiger partial charge in [-0.3, -0.25) is 0 Å². The van der Waals surface area contributed by atoms with Crippen molar-refractivity contribution in [3.8, 4) is 11.4 Å². The van der Waals surface area contributed by atoms with Crippen LogP contribution in [0.5, 0.6) is 5.75 Å². The molecule has 1 heterocycles. The highest BCUT2D eigenvalue weighted by Gasteiger charge is 2.21. The van der Waals surface area contributed by atoms with Gasteiger partial charge in [0.05, 0.1) is 25.1 Å². The normalized spacial score (nSPS) is 10.5. The molecule has 1 aromatic carbocycles. The van der Waals surface area contributed by atoms with E-state index in [1.807, 2.05) is 6.92 Å². The Labute approximate surface area is 128 Å². The van der Waals surface area contributed by atoms with Crippen LogP contribution < -0.4 is 4.74 Å². The predicted molar refractivity (Wildman–Crippen MR) is 80.6 cm³/mol. The number of hydrogen-bond acceptors (Lipinski definition) is 4. The first-order chi connectivity index (χ1) is 9.99. The zero-order valence-corrected chi connectivity index (χ0v) is 13.2. The maximum atomic E-state index is 12.0. The Morgan fingerprint density at radius 3 is 2.71 bits per heavy atom. The fourth-order valence-corrected chi connectivity index (χ4v) is 2.37. The van der Waals surface area contributed by atoms with E-state index in [9.17, 15) is 4.79 Å². The second kappa shape index (κ2) is 6.18. The Morgan fingerprint density at radius 1 is 1.38 bits per heavy atom. The van der Waals surface area contributed by atoms with E-state index in [4.69, 9.17) is 21.1 Å². The lowest BCUT2D eigenvalue weighted by molar-refractivity contribution is 0.0524. The van der Waals surface area contributed by atoms with Gasteiger partial charge in [-0.25, -0.2) is 9.48 Å². The van der Waals surface area contributed by atoms with Gasteiger partial charge in [0.1, 0.15) is 17.0 Å². The van der Waals surface area contributed by atoms with Gasteiger partial charge in [0, 0.05) is 5.02 Å². The van der Waals surface area contributed by atoms with E-state index in [1.165, 1.54) is 0 Å². The molecule has 2 aromatic rings. The van der Waals surface area contributed by atoms with Crippen LogP contribution in [-0.2, 0) is 4.74 Å². The van der Waals surface area contributed by atoms with Crippen LogP contribution in [0.25, 0.3) is 5.69 Å². The van der Waals surface area contributed by atoms with E-state index in [0.29, 0.717) is 40.0 Å². The number of rotatable bonds is 4. The van der Waals surface area contributed by atoms with Crippen LogP contribution in [-0.4, -0.2) is 29.5 Å². The molecule has 0 bridgehead atoms. The van der Waals surface area contributed by atoms with Gasteiger partial charge < -0.3 is 9.47 Å². The number of nitrogens with zero attached hydrogens (tertiary/aromatic N) is 2. The summed E-state index contributed by atoms with van der Waals surface area (Å²) in [6.07, 6.45) is 0. The minimum absolute atomic E-state index is 0.323. The van der Waals surface area contributed by atoms with E-state index >= 15 is 0 Å². The molecule has 0 aliphatic carbocycles. The maximum Gasteiger partial charge on any atom is 0.341 e. The summed E-state index contributed by atoms with van der Waals surface area (Å²) in [6, 6.07) is 5.24. The van der Waals surface area contributed by atoms with Gasteiger partial charge in [-0.15, -0.1) is 0 Å². The third-order valence-electron chi connectivity index (χ3n) is 3.14. The number of aromatic nitrogens is 2. The molecule has 0 amide bonds. The molecule has 0 saturated carbocycles. The number of aryl methyl sites for hydroxylation is 1. The van der Waals surface area contributed by atoms with Crippen molar-refractivity contribution in [2.24, 2.45) is 0 Å². The molecule has 0 saturated heterocycles. The second-order valence-electron chi connectivity index (χ2n) is 4.49. The van der Waals surface area contributed by atoms with E-state index in [2.05, 4.69) is 5.10 Å². The Hall–Kier alpha value is -2.01. The molecule has 2 rings (SSSR count). The molecule has 1 aromatic heterocycles. The summed E-state index contributed by atoms with van der Waals surface area (Å²) in [6.45, 7) is 5.68. The van der Waals surface area contributed by atoms with E-state index in [1.54, 1.807) is 43.8 Å². The van der Waals surface area contributed by atoms with E-state index in [0.717, 1.165) is 0 Å². The predicted octanol–water partition coefficient (Wildman–Crippen LogP) is 3.33. The van der Waals surface area contributed by atoms with Crippen LogP contribution in [0, 0.1) is 13.8 Å². The number of hydrogen-bond donors (Lipinski definition) is 0. The van der Waals surface area contributed by atoms with Gasteiger partial charge in [0.15, 0.2) is 0 Å². The van der Waals surface area contributed by atoms with Crippen molar-refractivity contribution in [2.45, 2.75) is 20.8 Å². The van der Waals surface area contributed by atoms with Gasteiger partial charge in [0.2, 0.25) is 0 Å². The number of esters is 1. The third kappa shape index (κ3) is 2.88. The molecule has 0 spiro atoms. The summed E-state index contributed by atoms with van der Waals surface area (Å²) in [7, 11) is 1.57. The van der Waals surface area contributed by atoms with Gasteiger partial charge >= 0.3 is 5.97 Å². The molecule has 6 heteroatoms. The van der Waals surface area contributed by atoms with Gasteiger partial charge in [-0.2, -0.15) is 5.10 Å². The van der Waals surface area contributed by atoms with Gasteiger partial charge in [-0.1, -0.05) is 11.6 Å². The number of halogens is 1. The fraction of sp³-hybridized carbons (Fsp3) is 0.333. The second-order valence-corrected chi connectivity index (χ2v) is 4.93. The van der Waals surface area contributed by atoms with Crippen molar-refractivity contribution in [3.63, 3.8) is 0 Å². The first-order valence-corrected chi connectivity index (χ1v) is 6.94. The van der Waals surface area contributed by atoms with E-state index < -0.39 is 0 Å². The van der Waals surface area contributed by atoms with Crippen molar-refractivity contribution in [2.75, 3.05) is 13.7 Å². The standard InChI is InChI=1S/C15H17ClN2O3/c1-5-21-15(19)14-9(2)17-18(10(14)3)12-8-11(16)6-7-13(12)20-4/h6-8H,5H2,1-4H3. The minimum atomic E-state index is -0.375. The average molecular weight is 309 g/mol. The lowest BCUT2D eigenvalue weighted by atomic mass is 10.2. The molecule has 0 aliphatic rings. The lowest BCUT2D eigenvalue weighted by Gasteiger charge is -2.10. The zero-order valence-electron chi connectivity index (χ0n) is 12.4. The number of methoxy groups -OCH3 is 1. The average Bonchev–Trinajstić information content (AvgIpc) is 2.74. The lowest BCUT2D eigenvalue weighted by Crippen LogP contribution is -2.08. The topological polar surface area (TPSA) is 53.3 Å². The fourth-order valence-electron chi connectivity index (χ4n) is 2.20. The molecule has 21 heavy (non-hydrogen) atoms. The van der Waals surface area contributed by atoms with Crippen LogP contribution in [0.15, 0.2) is 18.2 Å². The maximum absolute atomic E-state index is 12.0. The highest BCUT2D eigenvalue weighted by atomic mass is 35.5. The molecular formula is C15H17ClN2O3. The first-order valence-electron chi connectivity index (χ1n) is 6.56. The number of carbonyl (C=O) groups is 1. The molecule has 0 unspecified atom stereocenters. The molecule has 0 radical (unpaired) electrons. The molecule has 112 valence electrons. The van der Waals surface area contributed by atoms with Crippen molar-refractivity contribution >= 4 is 17.6 Å². The molecule has 0 N–H and O–H groups in total.